The molecule has 0 spiro atoms. The summed E-state index contributed by atoms with van der Waals surface area (Å²) >= 11 is 6.28. The van der Waals surface area contributed by atoms with E-state index in [4.69, 9.17) is 17.3 Å². The van der Waals surface area contributed by atoms with Crippen LogP contribution in [0.2, 0.25) is 5.02 Å². The van der Waals surface area contributed by atoms with Crippen molar-refractivity contribution in [3.8, 4) is 5.75 Å². The maximum atomic E-state index is 13.7. The Morgan fingerprint density at radius 1 is 1.18 bits per heavy atom. The highest BCUT2D eigenvalue weighted by molar-refractivity contribution is 6.32. The van der Waals surface area contributed by atoms with Crippen molar-refractivity contribution in [2.75, 3.05) is 14.1 Å². The second-order valence-corrected chi connectivity index (χ2v) is 9.48. The maximum Gasteiger partial charge on any atom is 0.255 e. The van der Waals surface area contributed by atoms with E-state index < -0.39 is 75.0 Å². The number of amides is 1. The SMILES string of the molecule is CN(C)C1C(=O)C(C(N)=O)=C(O)C2(O)C(=O)C3=C(O)c4c(O)ccc(Cl)c4[C@](C)(O)C3CC12.Cl. The van der Waals surface area contributed by atoms with E-state index in [0.717, 1.165) is 0 Å². The smallest absolute Gasteiger partial charge is 0.255 e. The number of nitrogens with two attached hydrogens (primary N) is 1. The van der Waals surface area contributed by atoms with Crippen molar-refractivity contribution in [1.29, 1.82) is 0 Å². The Kier molecular flexibility index (Phi) is 6.08. The highest BCUT2D eigenvalue weighted by atomic mass is 35.5. The van der Waals surface area contributed by atoms with Gasteiger partial charge in [0.2, 0.25) is 5.78 Å². The third kappa shape index (κ3) is 3.03. The van der Waals surface area contributed by atoms with Crippen molar-refractivity contribution in [1.82, 2.24) is 4.90 Å². The lowest BCUT2D eigenvalue weighted by Gasteiger charge is -2.53. The molecule has 0 radical (unpaired) electrons. The maximum absolute atomic E-state index is 13.7. The van der Waals surface area contributed by atoms with E-state index in [1.807, 2.05) is 0 Å². The van der Waals surface area contributed by atoms with Crippen LogP contribution in [0, 0.1) is 11.8 Å². The molecule has 5 atom stereocenters. The molecule has 34 heavy (non-hydrogen) atoms. The molecule has 0 bridgehead atoms. The number of Topliss-reactive ketones (excluding diaryl/α,β-unsaturated/α-hetero) is 2. The van der Waals surface area contributed by atoms with Gasteiger partial charge in [-0.3, -0.25) is 19.3 Å². The number of aliphatic hydroxyl groups excluding tert-OH is 2. The summed E-state index contributed by atoms with van der Waals surface area (Å²) in [5, 5.41) is 55.2. The monoisotopic (exact) mass is 514 g/mol. The number of hydrogen-bond donors (Lipinski definition) is 6. The third-order valence-electron chi connectivity index (χ3n) is 7.07. The van der Waals surface area contributed by atoms with Crippen LogP contribution in [0.25, 0.3) is 5.76 Å². The number of hydrogen-bond acceptors (Lipinski definition) is 9. The summed E-state index contributed by atoms with van der Waals surface area (Å²) in [5.74, 6) is -8.30. The van der Waals surface area contributed by atoms with Gasteiger partial charge >= 0.3 is 0 Å². The quantitative estimate of drug-likeness (QED) is 0.309. The summed E-state index contributed by atoms with van der Waals surface area (Å²) in [6, 6.07) is 1.24. The van der Waals surface area contributed by atoms with E-state index in [1.165, 1.54) is 38.1 Å². The molecule has 10 nitrogen and oxygen atoms in total. The first-order chi connectivity index (χ1) is 15.2. The predicted molar refractivity (Wildman–Crippen MR) is 122 cm³/mol. The summed E-state index contributed by atoms with van der Waals surface area (Å²) < 4.78 is 0. The van der Waals surface area contributed by atoms with Gasteiger partial charge in [-0.2, -0.15) is 0 Å². The van der Waals surface area contributed by atoms with E-state index in [2.05, 4.69) is 0 Å². The largest absolute Gasteiger partial charge is 0.508 e. The fourth-order valence-corrected chi connectivity index (χ4v) is 5.93. The number of likely N-dealkylation sites (N-methyl/N-ethyl adjacent to an activating group) is 1. The summed E-state index contributed by atoms with van der Waals surface area (Å²) in [4.78, 5) is 40.1. The number of primary amides is 1. The average Bonchev–Trinajstić information content (AvgIpc) is 2.69. The molecule has 1 fully saturated rings. The Labute approximate surface area is 205 Å². The predicted octanol–water partition coefficient (Wildman–Crippen LogP) is 0.704. The molecular formula is C22H24Cl2N2O8. The van der Waals surface area contributed by atoms with Crippen LogP contribution in [0.15, 0.2) is 29.0 Å². The molecule has 0 aliphatic heterocycles. The van der Waals surface area contributed by atoms with Crippen LogP contribution in [0.4, 0.5) is 0 Å². The van der Waals surface area contributed by atoms with Gasteiger partial charge < -0.3 is 31.3 Å². The van der Waals surface area contributed by atoms with Crippen molar-refractivity contribution < 1.29 is 39.9 Å². The Morgan fingerprint density at radius 2 is 1.76 bits per heavy atom. The molecule has 1 saturated carbocycles. The number of carbonyl (C=O) groups is 3. The summed E-state index contributed by atoms with van der Waals surface area (Å²) in [6.07, 6.45) is -0.259. The Bertz CT molecular complexity index is 1210. The van der Waals surface area contributed by atoms with Crippen molar-refractivity contribution >= 4 is 47.2 Å². The van der Waals surface area contributed by atoms with Gasteiger partial charge in [0, 0.05) is 28.0 Å². The number of ketones is 2. The fraction of sp³-hybridized carbons (Fsp3) is 0.409. The molecule has 0 aromatic heterocycles. The van der Waals surface area contributed by atoms with Gasteiger partial charge in [-0.15, -0.1) is 12.4 Å². The number of aromatic hydroxyl groups is 1. The standard InChI is InChI=1S/C22H23ClN2O8.ClH/c1-21(32)7-6-8-15(25(2)3)17(28)13(20(24)31)19(30)22(8,33)18(29)11(7)16(27)12-10(26)5-4-9(23)14(12)21;/h4-5,7-8,15,26-27,30,32-33H,6H2,1-3H3,(H2,24,31);1H/t7?,8?,15?,21-,22?;/m1./s1. The Hall–Kier alpha value is -2.63. The normalized spacial score (nSPS) is 32.7. The molecule has 1 amide bonds. The minimum atomic E-state index is -2.78. The van der Waals surface area contributed by atoms with Gasteiger partial charge in [-0.05, 0) is 39.6 Å². The van der Waals surface area contributed by atoms with Crippen LogP contribution in [-0.4, -0.2) is 73.6 Å². The molecule has 0 saturated heterocycles. The Morgan fingerprint density at radius 3 is 2.29 bits per heavy atom. The number of benzene rings is 1. The van der Waals surface area contributed by atoms with E-state index in [0.29, 0.717) is 0 Å². The number of carbonyl (C=O) groups excluding carboxylic acids is 3. The number of aliphatic hydroxyl groups is 4. The van der Waals surface area contributed by atoms with Crippen LogP contribution < -0.4 is 5.73 Å². The first kappa shape index (κ1) is 26.0. The van der Waals surface area contributed by atoms with Gasteiger partial charge in [-0.1, -0.05) is 11.6 Å². The van der Waals surface area contributed by atoms with Crippen LogP contribution in [0.5, 0.6) is 5.75 Å². The molecule has 4 rings (SSSR count). The molecule has 184 valence electrons. The summed E-state index contributed by atoms with van der Waals surface area (Å²) in [7, 11) is 2.97. The van der Waals surface area contributed by atoms with Crippen LogP contribution in [0.3, 0.4) is 0 Å². The minimum absolute atomic E-state index is 0. The number of phenolic OH excluding ortho intramolecular Hbond substituents is 1. The summed E-state index contributed by atoms with van der Waals surface area (Å²) in [5.41, 5.74) is -1.10. The second kappa shape index (κ2) is 7.96. The minimum Gasteiger partial charge on any atom is -0.508 e. The molecule has 1 aromatic rings. The highest BCUT2D eigenvalue weighted by Crippen LogP contribution is 2.58. The zero-order valence-electron chi connectivity index (χ0n) is 18.4. The van der Waals surface area contributed by atoms with Crippen molar-refractivity contribution in [2.24, 2.45) is 17.6 Å². The van der Waals surface area contributed by atoms with Gasteiger partial charge in [0.05, 0.1) is 17.2 Å². The van der Waals surface area contributed by atoms with Crippen molar-refractivity contribution in [3.63, 3.8) is 0 Å². The second-order valence-electron chi connectivity index (χ2n) is 9.08. The number of fused-ring (bicyclic) bond motifs is 3. The molecular weight excluding hydrogens is 491 g/mol. The zero-order valence-corrected chi connectivity index (χ0v) is 19.9. The van der Waals surface area contributed by atoms with Crippen LogP contribution >= 0.6 is 24.0 Å². The molecule has 4 unspecified atom stereocenters. The third-order valence-corrected chi connectivity index (χ3v) is 7.39. The van der Waals surface area contributed by atoms with E-state index in [9.17, 15) is 39.9 Å². The van der Waals surface area contributed by atoms with Gasteiger partial charge in [0.15, 0.2) is 11.4 Å². The van der Waals surface area contributed by atoms with Crippen LogP contribution in [0.1, 0.15) is 24.5 Å². The first-order valence-corrected chi connectivity index (χ1v) is 10.5. The lowest BCUT2D eigenvalue weighted by Crippen LogP contribution is -2.67. The number of phenols is 1. The van der Waals surface area contributed by atoms with Gasteiger partial charge in [0.25, 0.3) is 5.91 Å². The van der Waals surface area contributed by atoms with E-state index >= 15 is 0 Å². The van der Waals surface area contributed by atoms with Crippen molar-refractivity contribution in [2.45, 2.75) is 30.6 Å². The molecule has 3 aliphatic carbocycles. The van der Waals surface area contributed by atoms with Gasteiger partial charge in [-0.25, -0.2) is 0 Å². The lowest BCUT2D eigenvalue weighted by atomic mass is 9.54. The highest BCUT2D eigenvalue weighted by Gasteiger charge is 2.66. The number of nitrogens with zero attached hydrogens (tertiary/aromatic N) is 1. The molecule has 1 aromatic carbocycles. The lowest BCUT2D eigenvalue weighted by molar-refractivity contribution is -0.159. The van der Waals surface area contributed by atoms with E-state index in [-0.39, 0.29) is 35.0 Å². The van der Waals surface area contributed by atoms with Crippen LogP contribution in [-0.2, 0) is 20.0 Å². The summed E-state index contributed by atoms with van der Waals surface area (Å²) in [6.45, 7) is 1.34. The topological polar surface area (TPSA) is 182 Å². The molecule has 12 heteroatoms. The Balaban J connectivity index is 0.00000324. The average molecular weight is 515 g/mol. The zero-order chi connectivity index (χ0) is 24.8. The molecule has 7 N–H and O–H groups in total. The van der Waals surface area contributed by atoms with Gasteiger partial charge in [0.1, 0.15) is 22.8 Å². The number of halogens is 2. The number of rotatable bonds is 2. The van der Waals surface area contributed by atoms with Crippen molar-refractivity contribution in [3.05, 3.63) is 45.2 Å². The molecule has 0 heterocycles. The molecule has 3 aliphatic rings. The van der Waals surface area contributed by atoms with E-state index in [1.54, 1.807) is 0 Å². The first-order valence-electron chi connectivity index (χ1n) is 10.1. The fourth-order valence-electron chi connectivity index (χ4n) is 5.58.